The molecule has 0 aromatic heterocycles. The normalized spacial score (nSPS) is 11.7. The summed E-state index contributed by atoms with van der Waals surface area (Å²) in [5.41, 5.74) is 0.553. The van der Waals surface area contributed by atoms with Gasteiger partial charge in [0.05, 0.1) is 27.4 Å². The number of halogens is 1. The van der Waals surface area contributed by atoms with E-state index in [2.05, 4.69) is 15.5 Å². The minimum atomic E-state index is -1.41. The Kier molecular flexibility index (Phi) is 9.27. The molecule has 1 atom stereocenters. The van der Waals surface area contributed by atoms with Crippen molar-refractivity contribution in [2.24, 2.45) is 10.2 Å². The van der Waals surface area contributed by atoms with Crippen LogP contribution in [-0.2, 0) is 9.59 Å². The molecule has 1 amide bonds. The van der Waals surface area contributed by atoms with Gasteiger partial charge in [-0.25, -0.2) is 0 Å². The zero-order valence-corrected chi connectivity index (χ0v) is 19.4. The smallest absolute Gasteiger partial charge is 0.259 e. The predicted molar refractivity (Wildman–Crippen MR) is 121 cm³/mol. The van der Waals surface area contributed by atoms with Gasteiger partial charge in [-0.05, 0) is 32.9 Å². The van der Waals surface area contributed by atoms with E-state index in [1.54, 1.807) is 18.2 Å². The second-order valence-electron chi connectivity index (χ2n) is 6.37. The van der Waals surface area contributed by atoms with Crippen LogP contribution in [0.15, 0.2) is 40.6 Å². The van der Waals surface area contributed by atoms with Gasteiger partial charge in [-0.1, -0.05) is 17.7 Å². The number of Topliss-reactive ketones (excluding diaryl/α,β-unsaturated/α-hetero) is 1. The summed E-state index contributed by atoms with van der Waals surface area (Å²) in [5.74, 6) is 0.195. The first-order valence-corrected chi connectivity index (χ1v) is 10.3. The van der Waals surface area contributed by atoms with E-state index in [1.807, 2.05) is 13.8 Å². The van der Waals surface area contributed by atoms with Gasteiger partial charge in [-0.3, -0.25) is 9.59 Å². The van der Waals surface area contributed by atoms with Gasteiger partial charge in [0.15, 0.2) is 17.3 Å². The van der Waals surface area contributed by atoms with Gasteiger partial charge in [0.25, 0.3) is 5.91 Å². The number of nitrogens with zero attached hydrogens (tertiary/aromatic N) is 2. The number of rotatable bonds is 11. The number of para-hydroxylation sites is 1. The van der Waals surface area contributed by atoms with Crippen molar-refractivity contribution in [3.63, 3.8) is 0 Å². The number of azo groups is 1. The maximum absolute atomic E-state index is 12.9. The van der Waals surface area contributed by atoms with E-state index in [0.717, 1.165) is 0 Å². The van der Waals surface area contributed by atoms with Crippen molar-refractivity contribution in [2.45, 2.75) is 26.8 Å². The molecule has 0 saturated carbocycles. The molecule has 32 heavy (non-hydrogen) atoms. The molecule has 0 saturated heterocycles. The van der Waals surface area contributed by atoms with E-state index >= 15 is 0 Å². The number of nitrogens with one attached hydrogen (secondary N) is 1. The van der Waals surface area contributed by atoms with Crippen molar-refractivity contribution >= 4 is 34.7 Å². The topological polar surface area (TPSA) is 108 Å². The van der Waals surface area contributed by atoms with E-state index in [0.29, 0.717) is 35.4 Å². The quantitative estimate of drug-likeness (QED) is 0.377. The molecule has 2 rings (SSSR count). The van der Waals surface area contributed by atoms with Crippen LogP contribution in [0.2, 0.25) is 5.02 Å². The highest BCUT2D eigenvalue weighted by molar-refractivity contribution is 6.31. The number of hydrogen-bond donors (Lipinski definition) is 1. The lowest BCUT2D eigenvalue weighted by molar-refractivity contribution is -0.126. The fourth-order valence-corrected chi connectivity index (χ4v) is 2.97. The summed E-state index contributed by atoms with van der Waals surface area (Å²) in [6.07, 6.45) is 0. The minimum absolute atomic E-state index is 0.221. The standard InChI is InChI=1S/C22H26ClN3O6/c1-6-31-16-10-8-9-15(21(16)32-7-2)25-26-19(13(3)27)22(28)24-20-17(29-4)11-14(23)12-18(20)30-5/h8-12,19H,6-7H2,1-5H3,(H,24,28). The van der Waals surface area contributed by atoms with Crippen molar-refractivity contribution in [3.8, 4) is 23.0 Å². The lowest BCUT2D eigenvalue weighted by Gasteiger charge is -2.16. The average Bonchev–Trinajstić information content (AvgIpc) is 2.76. The molecule has 0 fully saturated rings. The molecular weight excluding hydrogens is 438 g/mol. The van der Waals surface area contributed by atoms with Gasteiger partial charge in [-0.15, -0.1) is 0 Å². The molecular formula is C22H26ClN3O6. The van der Waals surface area contributed by atoms with Crippen LogP contribution in [0.25, 0.3) is 0 Å². The molecule has 0 heterocycles. The summed E-state index contributed by atoms with van der Waals surface area (Å²) < 4.78 is 21.7. The highest BCUT2D eigenvalue weighted by atomic mass is 35.5. The molecule has 0 aliphatic carbocycles. The highest BCUT2D eigenvalue weighted by Crippen LogP contribution is 2.39. The number of anilines is 1. The lowest BCUT2D eigenvalue weighted by atomic mass is 10.2. The number of ether oxygens (including phenoxy) is 4. The SMILES string of the molecule is CCOc1cccc(N=NC(C(C)=O)C(=O)Nc2c(OC)cc(Cl)cc2OC)c1OCC. The molecule has 1 unspecified atom stereocenters. The Bertz CT molecular complexity index is 971. The molecule has 2 aromatic rings. The minimum Gasteiger partial charge on any atom is -0.494 e. The van der Waals surface area contributed by atoms with Gasteiger partial charge in [0, 0.05) is 17.2 Å². The Morgan fingerprint density at radius 3 is 2.19 bits per heavy atom. The lowest BCUT2D eigenvalue weighted by Crippen LogP contribution is -2.32. The monoisotopic (exact) mass is 463 g/mol. The van der Waals surface area contributed by atoms with E-state index in [-0.39, 0.29) is 17.2 Å². The first kappa shape index (κ1) is 24.9. The molecule has 0 spiro atoms. The summed E-state index contributed by atoms with van der Waals surface area (Å²) in [7, 11) is 2.84. The van der Waals surface area contributed by atoms with E-state index in [4.69, 9.17) is 30.5 Å². The van der Waals surface area contributed by atoms with E-state index in [9.17, 15) is 9.59 Å². The highest BCUT2D eigenvalue weighted by Gasteiger charge is 2.26. The predicted octanol–water partition coefficient (Wildman–Crippen LogP) is 4.83. The third kappa shape index (κ3) is 6.10. The second-order valence-corrected chi connectivity index (χ2v) is 6.81. The van der Waals surface area contributed by atoms with Crippen molar-refractivity contribution in [1.82, 2.24) is 0 Å². The Morgan fingerprint density at radius 1 is 1.03 bits per heavy atom. The van der Waals surface area contributed by atoms with E-state index < -0.39 is 17.7 Å². The van der Waals surface area contributed by atoms with Crippen LogP contribution in [0.3, 0.4) is 0 Å². The maximum Gasteiger partial charge on any atom is 0.259 e. The third-order valence-corrected chi connectivity index (χ3v) is 4.40. The summed E-state index contributed by atoms with van der Waals surface area (Å²) in [6.45, 7) is 5.73. The third-order valence-electron chi connectivity index (χ3n) is 4.18. The molecule has 0 radical (unpaired) electrons. The molecule has 1 N–H and O–H groups in total. The second kappa shape index (κ2) is 11.9. The largest absolute Gasteiger partial charge is 0.494 e. The molecule has 10 heteroatoms. The fourth-order valence-electron chi connectivity index (χ4n) is 2.77. The molecule has 172 valence electrons. The van der Waals surface area contributed by atoms with Crippen molar-refractivity contribution in [3.05, 3.63) is 35.4 Å². The molecule has 0 aliphatic heterocycles. The summed E-state index contributed by atoms with van der Waals surface area (Å²) in [4.78, 5) is 25.1. The van der Waals surface area contributed by atoms with Gasteiger partial charge >= 0.3 is 0 Å². The summed E-state index contributed by atoms with van der Waals surface area (Å²) in [6, 6.07) is 6.72. The Morgan fingerprint density at radius 2 is 1.66 bits per heavy atom. The molecule has 9 nitrogen and oxygen atoms in total. The van der Waals surface area contributed by atoms with Crippen molar-refractivity contribution in [1.29, 1.82) is 0 Å². The summed E-state index contributed by atoms with van der Waals surface area (Å²) in [5, 5.41) is 11.1. The van der Waals surface area contributed by atoms with Crippen molar-refractivity contribution in [2.75, 3.05) is 32.8 Å². The number of hydrogen-bond acceptors (Lipinski definition) is 8. The Labute approximate surface area is 191 Å². The van der Waals surface area contributed by atoms with Gasteiger partial charge in [0.1, 0.15) is 22.9 Å². The number of methoxy groups -OCH3 is 2. The van der Waals surface area contributed by atoms with Crippen LogP contribution in [0.1, 0.15) is 20.8 Å². The maximum atomic E-state index is 12.9. The number of benzene rings is 2. The first-order chi connectivity index (χ1) is 15.4. The van der Waals surface area contributed by atoms with Crippen LogP contribution in [-0.4, -0.2) is 45.2 Å². The number of ketones is 1. The number of amides is 1. The number of carbonyl (C=O) groups excluding carboxylic acids is 2. The summed E-state index contributed by atoms with van der Waals surface area (Å²) >= 11 is 6.04. The zero-order valence-electron chi connectivity index (χ0n) is 18.6. The Hall–Kier alpha value is -3.33. The first-order valence-electron chi connectivity index (χ1n) is 9.88. The zero-order chi connectivity index (χ0) is 23.7. The van der Waals surface area contributed by atoms with Crippen LogP contribution in [0.4, 0.5) is 11.4 Å². The molecule has 0 aliphatic rings. The van der Waals surface area contributed by atoms with Gasteiger partial charge in [0.2, 0.25) is 6.04 Å². The molecule has 0 bridgehead atoms. The Balaban J connectivity index is 2.37. The van der Waals surface area contributed by atoms with Crippen LogP contribution in [0.5, 0.6) is 23.0 Å². The van der Waals surface area contributed by atoms with Crippen LogP contribution in [0, 0.1) is 0 Å². The van der Waals surface area contributed by atoms with Crippen molar-refractivity contribution < 1.29 is 28.5 Å². The van der Waals surface area contributed by atoms with Crippen LogP contribution >= 0.6 is 11.6 Å². The molecule has 2 aromatic carbocycles. The average molecular weight is 464 g/mol. The fraction of sp³-hybridized carbons (Fsp3) is 0.364. The van der Waals surface area contributed by atoms with Gasteiger partial charge < -0.3 is 24.3 Å². The number of carbonyl (C=O) groups is 2. The van der Waals surface area contributed by atoms with Crippen LogP contribution < -0.4 is 24.3 Å². The van der Waals surface area contributed by atoms with Gasteiger partial charge in [-0.2, -0.15) is 10.2 Å². The van der Waals surface area contributed by atoms with E-state index in [1.165, 1.54) is 33.3 Å².